The lowest BCUT2D eigenvalue weighted by atomic mass is 9.81. The highest BCUT2D eigenvalue weighted by Gasteiger charge is 2.50. The van der Waals surface area contributed by atoms with E-state index in [-0.39, 0.29) is 19.2 Å². The summed E-state index contributed by atoms with van der Waals surface area (Å²) in [7, 11) is 1.92. The zero-order valence-corrected chi connectivity index (χ0v) is 22.3. The summed E-state index contributed by atoms with van der Waals surface area (Å²) in [6.07, 6.45) is 3.38. The van der Waals surface area contributed by atoms with Gasteiger partial charge in [0, 0.05) is 34.7 Å². The van der Waals surface area contributed by atoms with Crippen molar-refractivity contribution in [1.82, 2.24) is 9.47 Å². The van der Waals surface area contributed by atoms with Gasteiger partial charge in [-0.25, -0.2) is 0 Å². The molecule has 0 bridgehead atoms. The lowest BCUT2D eigenvalue weighted by Crippen LogP contribution is -2.66. The molecule has 1 N–H and O–H groups in total. The fourth-order valence-corrected chi connectivity index (χ4v) is 5.19. The number of likely N-dealkylation sites (tertiary alicyclic amines) is 1. The maximum absolute atomic E-state index is 12.5. The number of nitrogens with zero attached hydrogens (tertiary/aromatic N) is 2. The number of hydrogen-bond donors (Lipinski definition) is 1. The van der Waals surface area contributed by atoms with Crippen molar-refractivity contribution in [2.75, 3.05) is 20.3 Å². The molecule has 0 amide bonds. The van der Waals surface area contributed by atoms with E-state index in [2.05, 4.69) is 61.7 Å². The zero-order valence-electron chi connectivity index (χ0n) is 22.3. The van der Waals surface area contributed by atoms with Crippen molar-refractivity contribution in [3.63, 3.8) is 0 Å². The SMILES string of the molecule is CCCCCn1c(-c2cc(OCC(O)COC(=O)C3(C)CC(C)N3C)ccc2C)cc2ccccc21. The molecule has 1 aromatic heterocycles. The number of rotatable bonds is 11. The van der Waals surface area contributed by atoms with Crippen molar-refractivity contribution in [2.45, 2.75) is 77.6 Å². The number of aliphatic hydroxyl groups is 1. The van der Waals surface area contributed by atoms with Crippen LogP contribution in [0.2, 0.25) is 0 Å². The second kappa shape index (κ2) is 11.1. The first-order chi connectivity index (χ1) is 17.2. The van der Waals surface area contributed by atoms with Crippen LogP contribution in [0.15, 0.2) is 48.5 Å². The molecule has 1 fully saturated rings. The number of likely N-dealkylation sites (N-methyl/N-ethyl adjacent to an activating group) is 1. The van der Waals surface area contributed by atoms with Crippen LogP contribution in [-0.4, -0.2) is 58.5 Å². The fraction of sp³-hybridized carbons (Fsp3) is 0.500. The van der Waals surface area contributed by atoms with Gasteiger partial charge in [-0.15, -0.1) is 0 Å². The summed E-state index contributed by atoms with van der Waals surface area (Å²) in [6.45, 7) is 9.24. The third-order valence-corrected chi connectivity index (χ3v) is 7.70. The van der Waals surface area contributed by atoms with Crippen LogP contribution in [0.3, 0.4) is 0 Å². The average molecular weight is 493 g/mol. The molecule has 194 valence electrons. The summed E-state index contributed by atoms with van der Waals surface area (Å²) < 4.78 is 13.8. The van der Waals surface area contributed by atoms with Crippen molar-refractivity contribution < 1.29 is 19.4 Å². The predicted molar refractivity (Wildman–Crippen MR) is 144 cm³/mol. The van der Waals surface area contributed by atoms with E-state index in [0.29, 0.717) is 11.8 Å². The van der Waals surface area contributed by atoms with Gasteiger partial charge in [-0.05, 0) is 70.5 Å². The summed E-state index contributed by atoms with van der Waals surface area (Å²) >= 11 is 0. The molecule has 3 aromatic rings. The molecule has 0 aliphatic carbocycles. The maximum Gasteiger partial charge on any atom is 0.326 e. The number of aryl methyl sites for hydroxylation is 2. The Kier molecular flexibility index (Phi) is 8.06. The predicted octanol–water partition coefficient (Wildman–Crippen LogP) is 5.57. The Morgan fingerprint density at radius 1 is 1.17 bits per heavy atom. The molecular weight excluding hydrogens is 452 g/mol. The fourth-order valence-electron chi connectivity index (χ4n) is 5.19. The largest absolute Gasteiger partial charge is 0.491 e. The normalized spacial score (nSPS) is 20.8. The first-order valence-electron chi connectivity index (χ1n) is 13.1. The number of fused-ring (bicyclic) bond motifs is 1. The van der Waals surface area contributed by atoms with Gasteiger partial charge >= 0.3 is 5.97 Å². The first-order valence-corrected chi connectivity index (χ1v) is 13.1. The van der Waals surface area contributed by atoms with Crippen LogP contribution < -0.4 is 4.74 Å². The van der Waals surface area contributed by atoms with Gasteiger partial charge in [0.15, 0.2) is 0 Å². The Bertz CT molecular complexity index is 1200. The van der Waals surface area contributed by atoms with Gasteiger partial charge < -0.3 is 19.1 Å². The minimum atomic E-state index is -0.898. The van der Waals surface area contributed by atoms with Gasteiger partial charge in [0.05, 0.1) is 0 Å². The molecule has 0 radical (unpaired) electrons. The average Bonchev–Trinajstić information content (AvgIpc) is 3.25. The lowest BCUT2D eigenvalue weighted by Gasteiger charge is -2.51. The molecule has 0 spiro atoms. The number of benzene rings is 2. The molecule has 3 atom stereocenters. The van der Waals surface area contributed by atoms with Gasteiger partial charge in [0.2, 0.25) is 0 Å². The Hall–Kier alpha value is -2.83. The van der Waals surface area contributed by atoms with Gasteiger partial charge in [0.1, 0.15) is 30.6 Å². The number of carbonyl (C=O) groups is 1. The second-order valence-electron chi connectivity index (χ2n) is 10.4. The van der Waals surface area contributed by atoms with Gasteiger partial charge in [0.25, 0.3) is 0 Å². The number of aromatic nitrogens is 1. The summed E-state index contributed by atoms with van der Waals surface area (Å²) in [5, 5.41) is 11.6. The van der Waals surface area contributed by atoms with Crippen molar-refractivity contribution in [3.05, 3.63) is 54.1 Å². The van der Waals surface area contributed by atoms with Gasteiger partial charge in [-0.1, -0.05) is 44.0 Å². The number of hydrogen-bond acceptors (Lipinski definition) is 5. The highest BCUT2D eigenvalue weighted by molar-refractivity contribution is 5.88. The quantitative estimate of drug-likeness (QED) is 0.280. The molecule has 1 saturated heterocycles. The Morgan fingerprint density at radius 3 is 2.67 bits per heavy atom. The van der Waals surface area contributed by atoms with Crippen LogP contribution in [0.25, 0.3) is 22.2 Å². The molecule has 2 heterocycles. The zero-order chi connectivity index (χ0) is 25.9. The molecule has 0 saturated carbocycles. The summed E-state index contributed by atoms with van der Waals surface area (Å²) in [5.74, 6) is 0.390. The second-order valence-corrected chi connectivity index (χ2v) is 10.4. The van der Waals surface area contributed by atoms with E-state index in [0.717, 1.165) is 24.9 Å². The molecule has 6 heteroatoms. The molecule has 2 aromatic carbocycles. The van der Waals surface area contributed by atoms with E-state index in [9.17, 15) is 9.90 Å². The van der Waals surface area contributed by atoms with Crippen LogP contribution in [0, 0.1) is 6.92 Å². The molecule has 4 rings (SSSR count). The van der Waals surface area contributed by atoms with Crippen molar-refractivity contribution in [1.29, 1.82) is 0 Å². The van der Waals surface area contributed by atoms with Crippen molar-refractivity contribution in [2.24, 2.45) is 0 Å². The Morgan fingerprint density at radius 2 is 1.94 bits per heavy atom. The van der Waals surface area contributed by atoms with E-state index in [4.69, 9.17) is 9.47 Å². The summed E-state index contributed by atoms with van der Waals surface area (Å²) in [5.41, 5.74) is 4.10. The Labute approximate surface area is 214 Å². The highest BCUT2D eigenvalue weighted by atomic mass is 16.6. The number of para-hydroxylation sites is 1. The molecule has 1 aliphatic heterocycles. The van der Waals surface area contributed by atoms with E-state index < -0.39 is 11.6 Å². The van der Waals surface area contributed by atoms with Gasteiger partial charge in [-0.3, -0.25) is 9.69 Å². The number of ether oxygens (including phenoxy) is 2. The standard InChI is InChI=1S/C30H40N2O4/c1-6-7-10-15-32-27-12-9-8-11-23(27)16-28(32)26-17-25(14-13-21(26)2)35-19-24(33)20-36-29(34)30(4)18-22(3)31(30)5/h8-9,11-14,16-17,22,24,33H,6-7,10,15,18-20H2,1-5H3. The van der Waals surface area contributed by atoms with Crippen LogP contribution in [0.4, 0.5) is 0 Å². The molecule has 3 unspecified atom stereocenters. The van der Waals surface area contributed by atoms with Crippen LogP contribution in [0.5, 0.6) is 5.75 Å². The third kappa shape index (κ3) is 5.30. The van der Waals surface area contributed by atoms with E-state index in [1.165, 1.54) is 35.0 Å². The number of aliphatic hydroxyl groups excluding tert-OH is 1. The highest BCUT2D eigenvalue weighted by Crippen LogP contribution is 2.36. The van der Waals surface area contributed by atoms with Crippen molar-refractivity contribution in [3.8, 4) is 17.0 Å². The molecule has 36 heavy (non-hydrogen) atoms. The lowest BCUT2D eigenvalue weighted by molar-refractivity contribution is -0.173. The van der Waals surface area contributed by atoms with E-state index >= 15 is 0 Å². The minimum Gasteiger partial charge on any atom is -0.491 e. The van der Waals surface area contributed by atoms with Gasteiger partial charge in [-0.2, -0.15) is 0 Å². The first kappa shape index (κ1) is 26.2. The Balaban J connectivity index is 1.43. The number of carbonyl (C=O) groups excluding carboxylic acids is 1. The number of unbranched alkanes of at least 4 members (excludes halogenated alkanes) is 2. The molecule has 6 nitrogen and oxygen atoms in total. The topological polar surface area (TPSA) is 63.9 Å². The molecular formula is C30H40N2O4. The van der Waals surface area contributed by atoms with Crippen LogP contribution in [0.1, 0.15) is 52.0 Å². The molecule has 1 aliphatic rings. The summed E-state index contributed by atoms with van der Waals surface area (Å²) in [6, 6.07) is 17.1. The van der Waals surface area contributed by atoms with E-state index in [1.807, 2.05) is 31.0 Å². The monoisotopic (exact) mass is 492 g/mol. The van der Waals surface area contributed by atoms with Crippen LogP contribution in [-0.2, 0) is 16.1 Å². The van der Waals surface area contributed by atoms with E-state index in [1.54, 1.807) is 0 Å². The van der Waals surface area contributed by atoms with Crippen molar-refractivity contribution >= 4 is 16.9 Å². The smallest absolute Gasteiger partial charge is 0.326 e. The summed E-state index contributed by atoms with van der Waals surface area (Å²) in [4.78, 5) is 14.5. The maximum atomic E-state index is 12.5. The van der Waals surface area contributed by atoms with Crippen LogP contribution >= 0.6 is 0 Å². The third-order valence-electron chi connectivity index (χ3n) is 7.70. The number of esters is 1. The minimum absolute atomic E-state index is 0.0538.